The van der Waals surface area contributed by atoms with Crippen LogP contribution in [0.2, 0.25) is 0 Å². The average molecular weight is 495 g/mol. The van der Waals surface area contributed by atoms with Gasteiger partial charge < -0.3 is 4.42 Å². The second-order valence-corrected chi connectivity index (χ2v) is 10.4. The smallest absolute Gasteiger partial charge is 0.196 e. The first-order valence-electron chi connectivity index (χ1n) is 13.6. The number of rotatable bonds is 12. The molecule has 0 spiro atoms. The van der Waals surface area contributed by atoms with E-state index in [0.29, 0.717) is 23.2 Å². The minimum Gasteiger partial charge on any atom is -0.456 e. The van der Waals surface area contributed by atoms with Crippen molar-refractivity contribution < 1.29 is 4.42 Å². The van der Waals surface area contributed by atoms with E-state index in [1.165, 1.54) is 22.3 Å². The van der Waals surface area contributed by atoms with E-state index in [0.717, 1.165) is 49.7 Å². The van der Waals surface area contributed by atoms with E-state index in [9.17, 15) is 4.79 Å². The van der Waals surface area contributed by atoms with Gasteiger partial charge in [-0.25, -0.2) is 0 Å². The van der Waals surface area contributed by atoms with Gasteiger partial charge in [0.15, 0.2) is 5.43 Å². The summed E-state index contributed by atoms with van der Waals surface area (Å²) >= 11 is 0. The third kappa shape index (κ3) is 8.89. The van der Waals surface area contributed by atoms with Crippen molar-refractivity contribution in [3.05, 3.63) is 117 Å². The normalized spacial score (nSPS) is 12.7. The molecule has 0 atom stereocenters. The molecule has 1 heterocycles. The molecule has 2 heteroatoms. The molecule has 194 valence electrons. The first-order chi connectivity index (χ1) is 17.8. The Morgan fingerprint density at radius 1 is 0.676 bits per heavy atom. The predicted octanol–water partition coefficient (Wildman–Crippen LogP) is 10.1. The van der Waals surface area contributed by atoms with Gasteiger partial charge in [-0.2, -0.15) is 0 Å². The highest BCUT2D eigenvalue weighted by molar-refractivity contribution is 5.80. The maximum absolute atomic E-state index is 13.4. The minimum atomic E-state index is 0.0599. The molecular formula is C35H42O2. The Hall–Kier alpha value is -3.39. The molecular weight excluding hydrogens is 452 g/mol. The molecule has 0 radical (unpaired) electrons. The second-order valence-electron chi connectivity index (χ2n) is 10.4. The molecule has 0 saturated carbocycles. The topological polar surface area (TPSA) is 30.2 Å². The van der Waals surface area contributed by atoms with Gasteiger partial charge in [0.05, 0.1) is 5.39 Å². The van der Waals surface area contributed by atoms with E-state index in [4.69, 9.17) is 4.42 Å². The summed E-state index contributed by atoms with van der Waals surface area (Å²) in [4.78, 5) is 13.4. The molecule has 0 unspecified atom stereocenters. The number of hydrogen-bond acceptors (Lipinski definition) is 2. The maximum Gasteiger partial charge on any atom is 0.196 e. The molecule has 0 aliphatic heterocycles. The Morgan fingerprint density at radius 2 is 1.22 bits per heavy atom. The van der Waals surface area contributed by atoms with Crippen LogP contribution >= 0.6 is 0 Å². The van der Waals surface area contributed by atoms with Gasteiger partial charge in [0.25, 0.3) is 0 Å². The lowest BCUT2D eigenvalue weighted by Gasteiger charge is -2.09. The van der Waals surface area contributed by atoms with Crippen molar-refractivity contribution in [1.29, 1.82) is 0 Å². The van der Waals surface area contributed by atoms with Gasteiger partial charge in [-0.05, 0) is 91.7 Å². The average Bonchev–Trinajstić information content (AvgIpc) is 2.88. The second kappa shape index (κ2) is 14.4. The highest BCUT2D eigenvalue weighted by Crippen LogP contribution is 2.27. The van der Waals surface area contributed by atoms with Crippen molar-refractivity contribution in [3.63, 3.8) is 0 Å². The van der Waals surface area contributed by atoms with Crippen molar-refractivity contribution >= 4 is 11.0 Å². The molecule has 3 rings (SSSR count). The summed E-state index contributed by atoms with van der Waals surface area (Å²) in [5, 5.41) is 0.642. The molecule has 0 amide bonds. The number of para-hydroxylation sites is 1. The van der Waals surface area contributed by atoms with Crippen LogP contribution in [0.5, 0.6) is 0 Å². The molecule has 0 aliphatic rings. The number of benzene rings is 2. The van der Waals surface area contributed by atoms with Gasteiger partial charge in [0, 0.05) is 11.1 Å². The third-order valence-corrected chi connectivity index (χ3v) is 6.74. The van der Waals surface area contributed by atoms with Crippen LogP contribution < -0.4 is 5.43 Å². The van der Waals surface area contributed by atoms with E-state index < -0.39 is 0 Å². The largest absolute Gasteiger partial charge is 0.456 e. The first kappa shape index (κ1) is 28.2. The van der Waals surface area contributed by atoms with Crippen molar-refractivity contribution in [3.8, 4) is 11.3 Å². The lowest BCUT2D eigenvalue weighted by molar-refractivity contribution is 0.612. The Morgan fingerprint density at radius 3 is 1.84 bits per heavy atom. The zero-order valence-electron chi connectivity index (χ0n) is 23.3. The summed E-state index contributed by atoms with van der Waals surface area (Å²) in [5.41, 5.74) is 7.98. The summed E-state index contributed by atoms with van der Waals surface area (Å²) in [6.07, 6.45) is 16.4. The third-order valence-electron chi connectivity index (χ3n) is 6.74. The fraction of sp³-hybridized carbons (Fsp3) is 0.343. The van der Waals surface area contributed by atoms with Crippen molar-refractivity contribution in [1.82, 2.24) is 0 Å². The number of allylic oxidation sites excluding steroid dienone is 8. The minimum absolute atomic E-state index is 0.0599. The lowest BCUT2D eigenvalue weighted by Crippen LogP contribution is -2.10. The first-order valence-corrected chi connectivity index (χ1v) is 13.6. The lowest BCUT2D eigenvalue weighted by atomic mass is 10.00. The molecule has 0 bridgehead atoms. The van der Waals surface area contributed by atoms with Gasteiger partial charge in [0.1, 0.15) is 11.3 Å². The Kier molecular flexibility index (Phi) is 11.0. The van der Waals surface area contributed by atoms with Gasteiger partial charge in [0.2, 0.25) is 0 Å². The van der Waals surface area contributed by atoms with Crippen LogP contribution in [-0.4, -0.2) is 0 Å². The van der Waals surface area contributed by atoms with Gasteiger partial charge in [-0.1, -0.05) is 89.1 Å². The fourth-order valence-corrected chi connectivity index (χ4v) is 4.45. The summed E-state index contributed by atoms with van der Waals surface area (Å²) < 4.78 is 6.24. The molecule has 1 aromatic heterocycles. The number of hydrogen-bond donors (Lipinski definition) is 0. The van der Waals surface area contributed by atoms with Crippen LogP contribution in [0.3, 0.4) is 0 Å². The zero-order valence-corrected chi connectivity index (χ0v) is 23.3. The Bertz CT molecular complexity index is 1340. The molecule has 2 aromatic carbocycles. The maximum atomic E-state index is 13.4. The van der Waals surface area contributed by atoms with Crippen molar-refractivity contribution in [2.24, 2.45) is 0 Å². The highest BCUT2D eigenvalue weighted by atomic mass is 16.3. The molecule has 0 aliphatic carbocycles. The predicted molar refractivity (Wildman–Crippen MR) is 160 cm³/mol. The van der Waals surface area contributed by atoms with Crippen LogP contribution in [0.1, 0.15) is 78.7 Å². The Labute approximate surface area is 223 Å². The van der Waals surface area contributed by atoms with Crippen LogP contribution in [0.4, 0.5) is 0 Å². The molecule has 2 nitrogen and oxygen atoms in total. The SMILES string of the molecule is CC(C)=CCC/C(C)=C/CCC(C)=CCC/C(C)=C/Cc1c(-c2ccccc2)oc2ccccc2c1=O. The summed E-state index contributed by atoms with van der Waals surface area (Å²) in [6, 6.07) is 17.4. The Balaban J connectivity index is 1.61. The molecule has 3 aromatic rings. The molecule has 0 N–H and O–H groups in total. The highest BCUT2D eigenvalue weighted by Gasteiger charge is 2.15. The van der Waals surface area contributed by atoms with Crippen LogP contribution in [-0.2, 0) is 6.42 Å². The van der Waals surface area contributed by atoms with E-state index in [2.05, 4.69) is 58.9 Å². The monoisotopic (exact) mass is 494 g/mol. The number of fused-ring (bicyclic) bond motifs is 1. The van der Waals surface area contributed by atoms with E-state index in [1.54, 1.807) is 0 Å². The molecule has 0 fully saturated rings. The summed E-state index contributed by atoms with van der Waals surface area (Å²) in [7, 11) is 0. The zero-order chi connectivity index (χ0) is 26.6. The standard InChI is InChI=1S/C35H42O2/c1-26(2)14-11-15-27(3)16-12-17-28(4)18-13-19-29(5)24-25-32-34(36)31-22-9-10-23-33(31)37-35(32)30-20-7-6-8-21-30/h6-10,14,16,18,20-24H,11-13,15,17,19,25H2,1-5H3/b27-16+,28-18?,29-24+. The van der Waals surface area contributed by atoms with Crippen molar-refractivity contribution in [2.75, 3.05) is 0 Å². The van der Waals surface area contributed by atoms with Crippen molar-refractivity contribution in [2.45, 2.75) is 79.6 Å². The fourth-order valence-electron chi connectivity index (χ4n) is 4.45. The van der Waals surface area contributed by atoms with Crippen LogP contribution in [0, 0.1) is 0 Å². The van der Waals surface area contributed by atoms with Gasteiger partial charge in [-0.3, -0.25) is 4.79 Å². The van der Waals surface area contributed by atoms with Crippen LogP contribution in [0.25, 0.3) is 22.3 Å². The molecule has 0 saturated heterocycles. The van der Waals surface area contributed by atoms with Crippen LogP contribution in [0.15, 0.2) is 110 Å². The van der Waals surface area contributed by atoms with Gasteiger partial charge >= 0.3 is 0 Å². The molecule has 37 heavy (non-hydrogen) atoms. The summed E-state index contributed by atoms with van der Waals surface area (Å²) in [5.74, 6) is 0.674. The van der Waals surface area contributed by atoms with E-state index in [1.807, 2.05) is 54.6 Å². The van der Waals surface area contributed by atoms with E-state index >= 15 is 0 Å². The summed E-state index contributed by atoms with van der Waals surface area (Å²) in [6.45, 7) is 11.0. The van der Waals surface area contributed by atoms with Gasteiger partial charge in [-0.15, -0.1) is 0 Å². The quantitative estimate of drug-likeness (QED) is 0.234. The van der Waals surface area contributed by atoms with E-state index in [-0.39, 0.29) is 5.43 Å².